The lowest BCUT2D eigenvalue weighted by molar-refractivity contribution is 0.117. The van der Waals surface area contributed by atoms with Crippen molar-refractivity contribution < 1.29 is 0 Å². The predicted molar refractivity (Wildman–Crippen MR) is 78.8 cm³/mol. The molecular weight excluding hydrogens is 220 g/mol. The lowest BCUT2D eigenvalue weighted by atomic mass is 9.95. The van der Waals surface area contributed by atoms with E-state index in [2.05, 4.69) is 37.9 Å². The van der Waals surface area contributed by atoms with Crippen LogP contribution in [0.25, 0.3) is 0 Å². The van der Waals surface area contributed by atoms with Crippen LogP contribution in [-0.4, -0.2) is 36.6 Å². The molecule has 18 heavy (non-hydrogen) atoms. The molecule has 1 saturated carbocycles. The molecule has 1 aliphatic carbocycles. The molecule has 0 radical (unpaired) electrons. The molecule has 0 bridgehead atoms. The summed E-state index contributed by atoms with van der Waals surface area (Å²) in [6.45, 7) is 13.4. The van der Waals surface area contributed by atoms with Crippen molar-refractivity contribution in [3.63, 3.8) is 0 Å². The average molecular weight is 252 g/mol. The van der Waals surface area contributed by atoms with Gasteiger partial charge in [-0.15, -0.1) is 0 Å². The summed E-state index contributed by atoms with van der Waals surface area (Å²) < 4.78 is 0. The maximum atomic E-state index is 3.73. The molecule has 2 heteroatoms. The van der Waals surface area contributed by atoms with Crippen LogP contribution in [0.1, 0.15) is 53.4 Å². The van der Waals surface area contributed by atoms with E-state index in [1.165, 1.54) is 45.3 Å². The molecule has 1 aliphatic heterocycles. The Morgan fingerprint density at radius 2 is 1.89 bits per heavy atom. The van der Waals surface area contributed by atoms with Crippen molar-refractivity contribution >= 4 is 0 Å². The van der Waals surface area contributed by atoms with E-state index in [4.69, 9.17) is 0 Å². The molecule has 5 atom stereocenters. The van der Waals surface area contributed by atoms with E-state index in [-0.39, 0.29) is 0 Å². The number of hydrogen-bond donors (Lipinski definition) is 1. The summed E-state index contributed by atoms with van der Waals surface area (Å²) in [5, 5.41) is 3.73. The van der Waals surface area contributed by atoms with Gasteiger partial charge in [-0.1, -0.05) is 27.7 Å². The largest absolute Gasteiger partial charge is 0.314 e. The summed E-state index contributed by atoms with van der Waals surface area (Å²) in [4.78, 5) is 2.82. The minimum atomic E-state index is 0.740. The first kappa shape index (κ1) is 14.3. The molecule has 2 nitrogen and oxygen atoms in total. The SMILES string of the molecule is CCC1CCN(C2CCC(C)C2C)CC(C)CN1. The average Bonchev–Trinajstić information content (AvgIpc) is 2.66. The summed E-state index contributed by atoms with van der Waals surface area (Å²) in [6, 6.07) is 1.60. The summed E-state index contributed by atoms with van der Waals surface area (Å²) in [7, 11) is 0. The van der Waals surface area contributed by atoms with E-state index in [1.807, 2.05) is 0 Å². The smallest absolute Gasteiger partial charge is 0.0124 e. The molecule has 2 aliphatic rings. The van der Waals surface area contributed by atoms with Crippen molar-refractivity contribution in [1.29, 1.82) is 0 Å². The van der Waals surface area contributed by atoms with E-state index in [0.29, 0.717) is 0 Å². The maximum Gasteiger partial charge on any atom is 0.0124 e. The zero-order chi connectivity index (χ0) is 13.1. The van der Waals surface area contributed by atoms with Gasteiger partial charge in [0.25, 0.3) is 0 Å². The van der Waals surface area contributed by atoms with Crippen molar-refractivity contribution in [1.82, 2.24) is 10.2 Å². The molecule has 0 spiro atoms. The van der Waals surface area contributed by atoms with E-state index in [0.717, 1.165) is 29.8 Å². The minimum absolute atomic E-state index is 0.740. The van der Waals surface area contributed by atoms with Crippen LogP contribution in [0.5, 0.6) is 0 Å². The van der Waals surface area contributed by atoms with Gasteiger partial charge in [-0.25, -0.2) is 0 Å². The van der Waals surface area contributed by atoms with Crippen molar-refractivity contribution in [3.8, 4) is 0 Å². The van der Waals surface area contributed by atoms with Gasteiger partial charge in [-0.2, -0.15) is 0 Å². The van der Waals surface area contributed by atoms with Crippen LogP contribution in [0.3, 0.4) is 0 Å². The second-order valence-corrected chi connectivity index (χ2v) is 6.88. The van der Waals surface area contributed by atoms with Crippen LogP contribution in [0.2, 0.25) is 0 Å². The number of hydrogen-bond acceptors (Lipinski definition) is 2. The first-order valence-electron chi connectivity index (χ1n) is 8.09. The van der Waals surface area contributed by atoms with Crippen LogP contribution in [0, 0.1) is 17.8 Å². The Kier molecular flexibility index (Phi) is 5.08. The zero-order valence-corrected chi connectivity index (χ0v) is 12.8. The molecule has 2 rings (SSSR count). The van der Waals surface area contributed by atoms with Crippen molar-refractivity contribution in [2.75, 3.05) is 19.6 Å². The highest BCUT2D eigenvalue weighted by Crippen LogP contribution is 2.35. The second kappa shape index (κ2) is 6.38. The third-order valence-electron chi connectivity index (χ3n) is 5.45. The van der Waals surface area contributed by atoms with Crippen LogP contribution in [0.4, 0.5) is 0 Å². The van der Waals surface area contributed by atoms with Gasteiger partial charge in [-0.05, 0) is 56.5 Å². The van der Waals surface area contributed by atoms with Gasteiger partial charge >= 0.3 is 0 Å². The first-order valence-corrected chi connectivity index (χ1v) is 8.09. The van der Waals surface area contributed by atoms with Gasteiger partial charge in [0, 0.05) is 18.6 Å². The van der Waals surface area contributed by atoms with Gasteiger partial charge in [0.2, 0.25) is 0 Å². The molecule has 0 aromatic rings. The number of nitrogens with one attached hydrogen (secondary N) is 1. The fraction of sp³-hybridized carbons (Fsp3) is 1.00. The van der Waals surface area contributed by atoms with E-state index >= 15 is 0 Å². The minimum Gasteiger partial charge on any atom is -0.314 e. The zero-order valence-electron chi connectivity index (χ0n) is 12.8. The Balaban J connectivity index is 1.97. The number of nitrogens with zero attached hydrogens (tertiary/aromatic N) is 1. The highest BCUT2D eigenvalue weighted by atomic mass is 15.2. The molecule has 5 unspecified atom stereocenters. The topological polar surface area (TPSA) is 15.3 Å². The molecule has 1 N–H and O–H groups in total. The van der Waals surface area contributed by atoms with E-state index in [9.17, 15) is 0 Å². The van der Waals surface area contributed by atoms with Gasteiger partial charge in [-0.3, -0.25) is 4.90 Å². The predicted octanol–water partition coefficient (Wildman–Crippen LogP) is 3.13. The van der Waals surface area contributed by atoms with Crippen LogP contribution >= 0.6 is 0 Å². The fourth-order valence-electron chi connectivity index (χ4n) is 3.85. The van der Waals surface area contributed by atoms with Gasteiger partial charge in [0.1, 0.15) is 0 Å². The third-order valence-corrected chi connectivity index (χ3v) is 5.45. The maximum absolute atomic E-state index is 3.73. The summed E-state index contributed by atoms with van der Waals surface area (Å²) in [5.74, 6) is 2.61. The summed E-state index contributed by atoms with van der Waals surface area (Å²) in [6.07, 6.45) is 5.48. The van der Waals surface area contributed by atoms with Crippen LogP contribution in [-0.2, 0) is 0 Å². The second-order valence-electron chi connectivity index (χ2n) is 6.88. The Labute approximate surface area is 114 Å². The normalized spacial score (nSPS) is 43.7. The highest BCUT2D eigenvalue weighted by molar-refractivity contribution is 4.89. The van der Waals surface area contributed by atoms with Crippen molar-refractivity contribution in [2.45, 2.75) is 65.5 Å². The Morgan fingerprint density at radius 3 is 2.50 bits per heavy atom. The van der Waals surface area contributed by atoms with Crippen molar-refractivity contribution in [3.05, 3.63) is 0 Å². The van der Waals surface area contributed by atoms with Gasteiger partial charge in [0.05, 0.1) is 0 Å². The molecule has 1 heterocycles. The van der Waals surface area contributed by atoms with Gasteiger partial charge in [0.15, 0.2) is 0 Å². The molecule has 0 aromatic carbocycles. The quantitative estimate of drug-likeness (QED) is 0.812. The Morgan fingerprint density at radius 1 is 1.11 bits per heavy atom. The van der Waals surface area contributed by atoms with E-state index < -0.39 is 0 Å². The molecule has 106 valence electrons. The first-order chi connectivity index (χ1) is 8.61. The monoisotopic (exact) mass is 252 g/mol. The molecule has 2 fully saturated rings. The molecule has 0 aromatic heterocycles. The summed E-state index contributed by atoms with van der Waals surface area (Å²) in [5.41, 5.74) is 0. The van der Waals surface area contributed by atoms with E-state index in [1.54, 1.807) is 0 Å². The lowest BCUT2D eigenvalue weighted by Gasteiger charge is -2.38. The van der Waals surface area contributed by atoms with Crippen LogP contribution < -0.4 is 5.32 Å². The van der Waals surface area contributed by atoms with Crippen LogP contribution in [0.15, 0.2) is 0 Å². The highest BCUT2D eigenvalue weighted by Gasteiger charge is 2.34. The molecular formula is C16H32N2. The summed E-state index contributed by atoms with van der Waals surface area (Å²) >= 11 is 0. The third kappa shape index (κ3) is 3.27. The van der Waals surface area contributed by atoms with Gasteiger partial charge < -0.3 is 5.32 Å². The molecule has 1 saturated heterocycles. The Bertz CT molecular complexity index is 253. The Hall–Kier alpha value is -0.0800. The number of rotatable bonds is 2. The van der Waals surface area contributed by atoms with Crippen molar-refractivity contribution in [2.24, 2.45) is 17.8 Å². The lowest BCUT2D eigenvalue weighted by Crippen LogP contribution is -2.48. The fourth-order valence-corrected chi connectivity index (χ4v) is 3.85. The standard InChI is InChI=1S/C16H32N2/c1-5-15-8-9-18(11-12(2)10-17-15)16-7-6-13(3)14(16)4/h12-17H,5-11H2,1-4H3. The molecule has 0 amide bonds.